The monoisotopic (exact) mass is 465 g/mol. The molecule has 0 saturated carbocycles. The van der Waals surface area contributed by atoms with Gasteiger partial charge < -0.3 is 5.32 Å². The summed E-state index contributed by atoms with van der Waals surface area (Å²) in [6.07, 6.45) is 1.39. The molecular weight excluding hydrogens is 446 g/mol. The summed E-state index contributed by atoms with van der Waals surface area (Å²) in [5.41, 5.74) is 2.57. The van der Waals surface area contributed by atoms with Crippen molar-refractivity contribution in [2.45, 2.75) is 32.2 Å². The van der Waals surface area contributed by atoms with E-state index in [1.165, 1.54) is 0 Å². The van der Waals surface area contributed by atoms with Crippen molar-refractivity contribution >= 4 is 46.7 Å². The number of ketones is 1. The largest absolute Gasteiger partial charge is 0.351 e. The summed E-state index contributed by atoms with van der Waals surface area (Å²) >= 11 is 6.14. The number of nitrogens with one attached hydrogen (secondary N) is 2. The topological polar surface area (TPSA) is 113 Å². The molecule has 4 amide bonds. The number of carbonyl (C=O) groups is 5. The fourth-order valence-corrected chi connectivity index (χ4v) is 3.96. The third-order valence-corrected chi connectivity index (χ3v) is 5.95. The SMILES string of the molecule is Cc1ccc(CC(=O)c2cccc(NC3=CC(=O)N(C4CCC(=O)NC4=O)C3=O)c2)cc1Cl. The number of Topliss-reactive ketones (excluding diaryl/α,β-unsaturated/α-hetero) is 1. The molecule has 2 aliphatic heterocycles. The van der Waals surface area contributed by atoms with Crippen LogP contribution in [0.5, 0.6) is 0 Å². The van der Waals surface area contributed by atoms with Crippen molar-refractivity contribution in [3.05, 3.63) is 76.0 Å². The molecule has 8 nitrogen and oxygen atoms in total. The van der Waals surface area contributed by atoms with E-state index in [9.17, 15) is 24.0 Å². The summed E-state index contributed by atoms with van der Waals surface area (Å²) in [6.45, 7) is 1.88. The van der Waals surface area contributed by atoms with E-state index in [4.69, 9.17) is 11.6 Å². The Hall–Kier alpha value is -3.78. The van der Waals surface area contributed by atoms with E-state index in [0.717, 1.165) is 22.1 Å². The van der Waals surface area contributed by atoms with E-state index in [1.54, 1.807) is 30.3 Å². The third-order valence-electron chi connectivity index (χ3n) is 5.54. The molecule has 0 bridgehead atoms. The first kappa shape index (κ1) is 22.4. The number of halogens is 1. The van der Waals surface area contributed by atoms with Gasteiger partial charge in [-0.05, 0) is 42.7 Å². The van der Waals surface area contributed by atoms with Gasteiger partial charge in [-0.3, -0.25) is 34.2 Å². The Balaban J connectivity index is 1.46. The Kier molecular flexibility index (Phi) is 6.11. The van der Waals surface area contributed by atoms with Gasteiger partial charge >= 0.3 is 0 Å². The predicted molar refractivity (Wildman–Crippen MR) is 120 cm³/mol. The van der Waals surface area contributed by atoms with E-state index in [0.29, 0.717) is 16.3 Å². The molecule has 0 radical (unpaired) electrons. The van der Waals surface area contributed by atoms with Crippen molar-refractivity contribution < 1.29 is 24.0 Å². The molecule has 4 rings (SSSR count). The highest BCUT2D eigenvalue weighted by atomic mass is 35.5. The van der Waals surface area contributed by atoms with Crippen LogP contribution in [0.25, 0.3) is 0 Å². The van der Waals surface area contributed by atoms with Crippen molar-refractivity contribution in [2.75, 3.05) is 5.32 Å². The number of anilines is 1. The zero-order chi connectivity index (χ0) is 23.7. The summed E-state index contributed by atoms with van der Waals surface area (Å²) < 4.78 is 0. The molecule has 0 aliphatic carbocycles. The molecular formula is C24H20ClN3O5. The van der Waals surface area contributed by atoms with Crippen molar-refractivity contribution in [3.8, 4) is 0 Å². The first-order valence-electron chi connectivity index (χ1n) is 10.3. The van der Waals surface area contributed by atoms with Crippen molar-refractivity contribution in [2.24, 2.45) is 0 Å². The minimum absolute atomic E-state index is 0.0142. The summed E-state index contributed by atoms with van der Waals surface area (Å²) in [4.78, 5) is 62.2. The standard InChI is InChI=1S/C24H20ClN3O5/c1-13-5-6-14(9-17(13)25)10-20(29)15-3-2-4-16(11-15)26-18-12-22(31)28(24(18)33)19-7-8-21(30)27-23(19)32/h2-6,9,11-12,19,26H,7-8,10H2,1H3,(H,27,30,32). The second kappa shape index (κ2) is 8.99. The Bertz CT molecular complexity index is 1240. The molecule has 1 saturated heterocycles. The Morgan fingerprint density at radius 1 is 1.15 bits per heavy atom. The van der Waals surface area contributed by atoms with Crippen molar-refractivity contribution in [1.82, 2.24) is 10.2 Å². The summed E-state index contributed by atoms with van der Waals surface area (Å²) in [6, 6.07) is 11.0. The fourth-order valence-electron chi connectivity index (χ4n) is 3.76. The number of hydrogen-bond donors (Lipinski definition) is 2. The minimum Gasteiger partial charge on any atom is -0.351 e. The number of rotatable bonds is 6. The average molecular weight is 466 g/mol. The fraction of sp³-hybridized carbons (Fsp3) is 0.208. The molecule has 2 heterocycles. The maximum Gasteiger partial charge on any atom is 0.278 e. The third kappa shape index (κ3) is 4.70. The summed E-state index contributed by atoms with van der Waals surface area (Å²) in [7, 11) is 0. The van der Waals surface area contributed by atoms with Gasteiger partial charge in [0, 0.05) is 35.2 Å². The molecule has 33 heavy (non-hydrogen) atoms. The highest BCUT2D eigenvalue weighted by Gasteiger charge is 2.42. The molecule has 0 spiro atoms. The predicted octanol–water partition coefficient (Wildman–Crippen LogP) is 2.54. The molecule has 1 unspecified atom stereocenters. The molecule has 2 aromatic rings. The lowest BCUT2D eigenvalue weighted by molar-refractivity contribution is -0.149. The average Bonchev–Trinajstić information content (AvgIpc) is 3.04. The number of benzene rings is 2. The lowest BCUT2D eigenvalue weighted by atomic mass is 10.0. The second-order valence-corrected chi connectivity index (χ2v) is 8.33. The maximum atomic E-state index is 12.8. The molecule has 168 valence electrons. The van der Waals surface area contributed by atoms with E-state index >= 15 is 0 Å². The number of carbonyl (C=O) groups excluding carboxylic acids is 5. The van der Waals surface area contributed by atoms with Gasteiger partial charge in [0.1, 0.15) is 11.7 Å². The molecule has 9 heteroatoms. The molecule has 1 fully saturated rings. The zero-order valence-corrected chi connectivity index (χ0v) is 18.4. The van der Waals surface area contributed by atoms with Crippen LogP contribution in [0.15, 0.2) is 54.2 Å². The van der Waals surface area contributed by atoms with Gasteiger partial charge in [0.25, 0.3) is 11.8 Å². The quantitative estimate of drug-likeness (QED) is 0.500. The first-order chi connectivity index (χ1) is 15.7. The molecule has 2 N–H and O–H groups in total. The minimum atomic E-state index is -1.03. The lowest BCUT2D eigenvalue weighted by Crippen LogP contribution is -2.54. The number of aryl methyl sites for hydroxylation is 1. The summed E-state index contributed by atoms with van der Waals surface area (Å²) in [5, 5.41) is 5.60. The van der Waals surface area contributed by atoms with Crippen LogP contribution in [0, 0.1) is 6.92 Å². The van der Waals surface area contributed by atoms with Crippen molar-refractivity contribution in [1.29, 1.82) is 0 Å². The highest BCUT2D eigenvalue weighted by molar-refractivity contribution is 6.31. The van der Waals surface area contributed by atoms with E-state index < -0.39 is 29.7 Å². The number of piperidine rings is 1. The Morgan fingerprint density at radius 2 is 1.94 bits per heavy atom. The Labute approximate surface area is 194 Å². The van der Waals surface area contributed by atoms with Gasteiger partial charge in [0.05, 0.1) is 0 Å². The summed E-state index contributed by atoms with van der Waals surface area (Å²) in [5.74, 6) is -2.55. The number of hydrogen-bond acceptors (Lipinski definition) is 6. The van der Waals surface area contributed by atoms with Crippen LogP contribution >= 0.6 is 11.6 Å². The smallest absolute Gasteiger partial charge is 0.278 e. The van der Waals surface area contributed by atoms with Gasteiger partial charge in [-0.25, -0.2) is 0 Å². The molecule has 1 atom stereocenters. The highest BCUT2D eigenvalue weighted by Crippen LogP contribution is 2.24. The van der Waals surface area contributed by atoms with Crippen molar-refractivity contribution in [3.63, 3.8) is 0 Å². The van der Waals surface area contributed by atoms with Gasteiger partial charge in [0.2, 0.25) is 11.8 Å². The van der Waals surface area contributed by atoms with Gasteiger partial charge in [-0.15, -0.1) is 0 Å². The Morgan fingerprint density at radius 3 is 2.67 bits per heavy atom. The molecule has 0 aromatic heterocycles. The second-order valence-electron chi connectivity index (χ2n) is 7.93. The van der Waals surface area contributed by atoms with E-state index in [1.807, 2.05) is 19.1 Å². The van der Waals surface area contributed by atoms with Crippen LogP contribution in [0.2, 0.25) is 5.02 Å². The maximum absolute atomic E-state index is 12.8. The number of amides is 4. The van der Waals surface area contributed by atoms with Crippen LogP contribution in [0.1, 0.15) is 34.3 Å². The van der Waals surface area contributed by atoms with Crippen LogP contribution in [-0.4, -0.2) is 40.4 Å². The molecule has 2 aliphatic rings. The van der Waals surface area contributed by atoms with Crippen LogP contribution in [0.4, 0.5) is 5.69 Å². The van der Waals surface area contributed by atoms with Crippen LogP contribution in [-0.2, 0) is 25.6 Å². The van der Waals surface area contributed by atoms with Gasteiger partial charge in [-0.1, -0.05) is 35.9 Å². The van der Waals surface area contributed by atoms with Gasteiger partial charge in [0.15, 0.2) is 5.78 Å². The number of imide groups is 2. The van der Waals surface area contributed by atoms with Gasteiger partial charge in [-0.2, -0.15) is 0 Å². The normalized spacial score (nSPS) is 18.3. The zero-order valence-electron chi connectivity index (χ0n) is 17.7. The van der Waals surface area contributed by atoms with Crippen LogP contribution in [0.3, 0.4) is 0 Å². The van der Waals surface area contributed by atoms with Crippen LogP contribution < -0.4 is 10.6 Å². The lowest BCUT2D eigenvalue weighted by Gasteiger charge is -2.28. The van der Waals surface area contributed by atoms with E-state index in [2.05, 4.69) is 10.6 Å². The number of nitrogens with zero attached hydrogens (tertiary/aromatic N) is 1. The molecule has 2 aromatic carbocycles. The van der Waals surface area contributed by atoms with E-state index in [-0.39, 0.29) is 30.7 Å². The first-order valence-corrected chi connectivity index (χ1v) is 10.7.